The van der Waals surface area contributed by atoms with Crippen LogP contribution in [0.15, 0.2) is 18.2 Å². The van der Waals surface area contributed by atoms with E-state index >= 15 is 0 Å². The van der Waals surface area contributed by atoms with Crippen LogP contribution in [-0.2, 0) is 10.9 Å². The summed E-state index contributed by atoms with van der Waals surface area (Å²) in [5, 5.41) is 4.76. The van der Waals surface area contributed by atoms with Crippen LogP contribution in [0.1, 0.15) is 18.9 Å². The Morgan fingerprint density at radius 3 is 2.62 bits per heavy atom. The molecule has 2 amide bonds. The number of amides is 2. The Labute approximate surface area is 119 Å². The number of carbonyl (C=O) groups excluding carboxylic acids is 1. The van der Waals surface area contributed by atoms with Crippen molar-refractivity contribution < 1.29 is 27.1 Å². The maximum Gasteiger partial charge on any atom is 0.419 e. The number of rotatable bonds is 5. The van der Waals surface area contributed by atoms with Gasteiger partial charge in [0, 0.05) is 25.4 Å². The van der Waals surface area contributed by atoms with Crippen LogP contribution in [0.4, 0.5) is 28.0 Å². The van der Waals surface area contributed by atoms with Crippen molar-refractivity contribution in [3.63, 3.8) is 0 Å². The normalized spacial score (nSPS) is 12.9. The fourth-order valence-corrected chi connectivity index (χ4v) is 1.58. The summed E-state index contributed by atoms with van der Waals surface area (Å²) in [5.74, 6) is -1.39. The lowest BCUT2D eigenvalue weighted by Crippen LogP contribution is -2.36. The number of benzene rings is 1. The molecule has 0 heterocycles. The number of hydrogen-bond acceptors (Lipinski definition) is 2. The maximum atomic E-state index is 13.1. The van der Waals surface area contributed by atoms with Gasteiger partial charge in [0.1, 0.15) is 5.82 Å². The Morgan fingerprint density at radius 2 is 2.05 bits per heavy atom. The molecule has 0 bridgehead atoms. The minimum atomic E-state index is -4.82. The quantitative estimate of drug-likeness (QED) is 0.819. The van der Waals surface area contributed by atoms with Crippen LogP contribution in [0.5, 0.6) is 0 Å². The van der Waals surface area contributed by atoms with E-state index in [-0.39, 0.29) is 11.7 Å². The summed E-state index contributed by atoms with van der Waals surface area (Å²) >= 11 is 0. The Morgan fingerprint density at radius 1 is 1.38 bits per heavy atom. The first-order valence-corrected chi connectivity index (χ1v) is 6.17. The molecule has 1 unspecified atom stereocenters. The van der Waals surface area contributed by atoms with E-state index < -0.39 is 23.6 Å². The van der Waals surface area contributed by atoms with Gasteiger partial charge in [0.25, 0.3) is 0 Å². The fourth-order valence-electron chi connectivity index (χ4n) is 1.58. The van der Waals surface area contributed by atoms with Crippen molar-refractivity contribution in [2.45, 2.75) is 25.6 Å². The molecule has 1 atom stereocenters. The first-order valence-electron chi connectivity index (χ1n) is 6.17. The van der Waals surface area contributed by atoms with Crippen LogP contribution >= 0.6 is 0 Å². The van der Waals surface area contributed by atoms with Gasteiger partial charge in [-0.2, -0.15) is 13.2 Å². The highest BCUT2D eigenvalue weighted by Gasteiger charge is 2.34. The third-order valence-corrected chi connectivity index (χ3v) is 2.66. The SMILES string of the molecule is COCCC(C)NC(=O)Nc1ccc(F)c(C(F)(F)F)c1. The monoisotopic (exact) mass is 308 g/mol. The van der Waals surface area contributed by atoms with E-state index in [2.05, 4.69) is 10.6 Å². The molecule has 0 radical (unpaired) electrons. The van der Waals surface area contributed by atoms with Crippen LogP contribution < -0.4 is 10.6 Å². The van der Waals surface area contributed by atoms with Crippen LogP contribution in [0.3, 0.4) is 0 Å². The van der Waals surface area contributed by atoms with Crippen molar-refractivity contribution in [3.05, 3.63) is 29.6 Å². The van der Waals surface area contributed by atoms with Crippen LogP contribution in [0, 0.1) is 5.82 Å². The lowest BCUT2D eigenvalue weighted by molar-refractivity contribution is -0.139. The molecular weight excluding hydrogens is 292 g/mol. The summed E-state index contributed by atoms with van der Waals surface area (Å²) in [6.07, 6.45) is -4.26. The van der Waals surface area contributed by atoms with Crippen LogP contribution in [-0.4, -0.2) is 25.8 Å². The zero-order valence-electron chi connectivity index (χ0n) is 11.6. The molecular formula is C13H16F4N2O2. The Bertz CT molecular complexity index is 492. The molecule has 0 spiro atoms. The van der Waals surface area contributed by atoms with E-state index in [0.717, 1.165) is 6.07 Å². The summed E-state index contributed by atoms with van der Waals surface area (Å²) in [5.41, 5.74) is -1.56. The highest BCUT2D eigenvalue weighted by Crippen LogP contribution is 2.32. The van der Waals surface area contributed by atoms with Gasteiger partial charge < -0.3 is 15.4 Å². The molecule has 1 rings (SSSR count). The minimum absolute atomic E-state index is 0.139. The smallest absolute Gasteiger partial charge is 0.385 e. The van der Waals surface area contributed by atoms with Crippen molar-refractivity contribution in [3.8, 4) is 0 Å². The minimum Gasteiger partial charge on any atom is -0.385 e. The van der Waals surface area contributed by atoms with Gasteiger partial charge in [0.15, 0.2) is 0 Å². The van der Waals surface area contributed by atoms with E-state index in [1.165, 1.54) is 7.11 Å². The summed E-state index contributed by atoms with van der Waals surface area (Å²) in [6, 6.07) is 1.39. The largest absolute Gasteiger partial charge is 0.419 e. The summed E-state index contributed by atoms with van der Waals surface area (Å²) < 4.78 is 55.5. The van der Waals surface area contributed by atoms with Crippen molar-refractivity contribution in [1.82, 2.24) is 5.32 Å². The second-order valence-electron chi connectivity index (χ2n) is 4.47. The molecule has 2 N–H and O–H groups in total. The average molecular weight is 308 g/mol. The molecule has 21 heavy (non-hydrogen) atoms. The Kier molecular flexibility index (Phi) is 5.95. The highest BCUT2D eigenvalue weighted by molar-refractivity contribution is 5.89. The van der Waals surface area contributed by atoms with Crippen molar-refractivity contribution in [2.24, 2.45) is 0 Å². The van der Waals surface area contributed by atoms with Gasteiger partial charge >= 0.3 is 12.2 Å². The summed E-state index contributed by atoms with van der Waals surface area (Å²) in [6.45, 7) is 2.17. The Balaban J connectivity index is 2.69. The molecule has 0 aliphatic rings. The lowest BCUT2D eigenvalue weighted by Gasteiger charge is -2.15. The van der Waals surface area contributed by atoms with E-state index in [0.29, 0.717) is 25.2 Å². The van der Waals surface area contributed by atoms with E-state index in [4.69, 9.17) is 4.74 Å². The Hall–Kier alpha value is -1.83. The number of anilines is 1. The number of urea groups is 1. The molecule has 0 saturated heterocycles. The molecule has 1 aromatic rings. The molecule has 0 aliphatic carbocycles. The van der Waals surface area contributed by atoms with Crippen molar-refractivity contribution in [2.75, 3.05) is 19.0 Å². The van der Waals surface area contributed by atoms with Crippen molar-refractivity contribution in [1.29, 1.82) is 0 Å². The second kappa shape index (κ2) is 7.26. The predicted molar refractivity (Wildman–Crippen MR) is 69.5 cm³/mol. The van der Waals surface area contributed by atoms with Crippen molar-refractivity contribution >= 4 is 11.7 Å². The van der Waals surface area contributed by atoms with Gasteiger partial charge in [0.2, 0.25) is 0 Å². The number of ether oxygens (including phenoxy) is 1. The molecule has 0 saturated carbocycles. The first-order chi connectivity index (χ1) is 9.74. The number of nitrogens with one attached hydrogen (secondary N) is 2. The van der Waals surface area contributed by atoms with Gasteiger partial charge in [-0.25, -0.2) is 9.18 Å². The molecule has 8 heteroatoms. The fraction of sp³-hybridized carbons (Fsp3) is 0.462. The number of alkyl halides is 3. The predicted octanol–water partition coefficient (Wildman–Crippen LogP) is 3.39. The van der Waals surface area contributed by atoms with Gasteiger partial charge in [-0.15, -0.1) is 0 Å². The topological polar surface area (TPSA) is 50.4 Å². The van der Waals surface area contributed by atoms with Gasteiger partial charge in [-0.1, -0.05) is 0 Å². The standard InChI is InChI=1S/C13H16F4N2O2/c1-8(5-6-21-2)18-12(20)19-9-3-4-11(14)10(7-9)13(15,16)17/h3-4,7-8H,5-6H2,1-2H3,(H2,18,19,20). The van der Waals surface area contributed by atoms with E-state index in [9.17, 15) is 22.4 Å². The summed E-state index contributed by atoms with van der Waals surface area (Å²) in [7, 11) is 1.52. The zero-order valence-corrected chi connectivity index (χ0v) is 11.6. The van der Waals surface area contributed by atoms with Crippen LogP contribution in [0.25, 0.3) is 0 Å². The maximum absolute atomic E-state index is 13.1. The van der Waals surface area contributed by atoms with Crippen LogP contribution in [0.2, 0.25) is 0 Å². The van der Waals surface area contributed by atoms with E-state index in [1.54, 1.807) is 6.92 Å². The number of halogens is 4. The summed E-state index contributed by atoms with van der Waals surface area (Å²) in [4.78, 5) is 11.6. The number of carbonyl (C=O) groups is 1. The number of hydrogen-bond donors (Lipinski definition) is 2. The van der Waals surface area contributed by atoms with Gasteiger partial charge in [-0.3, -0.25) is 0 Å². The second-order valence-corrected chi connectivity index (χ2v) is 4.47. The molecule has 0 fully saturated rings. The number of methoxy groups -OCH3 is 1. The average Bonchev–Trinajstić information content (AvgIpc) is 2.37. The highest BCUT2D eigenvalue weighted by atomic mass is 19.4. The van der Waals surface area contributed by atoms with Gasteiger partial charge in [-0.05, 0) is 31.5 Å². The van der Waals surface area contributed by atoms with Gasteiger partial charge in [0.05, 0.1) is 5.56 Å². The molecule has 1 aromatic carbocycles. The third kappa shape index (κ3) is 5.58. The molecule has 4 nitrogen and oxygen atoms in total. The third-order valence-electron chi connectivity index (χ3n) is 2.66. The molecule has 0 aliphatic heterocycles. The molecule has 0 aromatic heterocycles. The molecule has 118 valence electrons. The first kappa shape index (κ1) is 17.2. The van der Waals surface area contributed by atoms with E-state index in [1.807, 2.05) is 0 Å². The zero-order chi connectivity index (χ0) is 16.0. The lowest BCUT2D eigenvalue weighted by atomic mass is 10.2.